The second kappa shape index (κ2) is 8.09. The fraction of sp³-hybridized carbons (Fsp3) is 0.312. The van der Waals surface area contributed by atoms with Crippen molar-refractivity contribution in [3.8, 4) is 0 Å². The summed E-state index contributed by atoms with van der Waals surface area (Å²) in [4.78, 5) is 2.98. The molecular weight excluding hydrogens is 410 g/mol. The highest BCUT2D eigenvalue weighted by Crippen LogP contribution is 2.37. The molecule has 0 spiro atoms. The number of aromatic nitrogens is 1. The molecule has 2 aromatic rings. The molecule has 27 heavy (non-hydrogen) atoms. The smallest absolute Gasteiger partial charge is 0.313 e. The van der Waals surface area contributed by atoms with Gasteiger partial charge >= 0.3 is 6.18 Å². The molecule has 0 amide bonds. The molecule has 1 aliphatic rings. The molecule has 0 saturated carbocycles. The van der Waals surface area contributed by atoms with Crippen molar-refractivity contribution in [2.75, 3.05) is 19.6 Å². The standard InChI is InChI=1S/C16H15F4N3O2S.ClH/c17-12-3-4-15(13(8-12)16(18,19)20)26(24,25)23-7-6-22-10-14(23)11-2-1-5-21-9-11;/h1-5,8-9,14,22H,6-7,10H2;1H. The minimum atomic E-state index is -5.00. The highest BCUT2D eigenvalue weighted by molar-refractivity contribution is 7.89. The zero-order chi connectivity index (χ0) is 18.9. The van der Waals surface area contributed by atoms with Gasteiger partial charge in [-0.05, 0) is 29.8 Å². The Kier molecular flexibility index (Phi) is 6.46. The lowest BCUT2D eigenvalue weighted by Gasteiger charge is -2.35. The van der Waals surface area contributed by atoms with E-state index in [0.717, 1.165) is 4.31 Å². The van der Waals surface area contributed by atoms with Crippen molar-refractivity contribution in [3.63, 3.8) is 0 Å². The van der Waals surface area contributed by atoms with Crippen LogP contribution in [0, 0.1) is 5.82 Å². The number of rotatable bonds is 3. The van der Waals surface area contributed by atoms with Crippen molar-refractivity contribution < 1.29 is 26.0 Å². The van der Waals surface area contributed by atoms with Crippen LogP contribution in [0.15, 0.2) is 47.6 Å². The van der Waals surface area contributed by atoms with Crippen molar-refractivity contribution in [2.45, 2.75) is 17.1 Å². The topological polar surface area (TPSA) is 62.3 Å². The first kappa shape index (κ1) is 21.5. The lowest BCUT2D eigenvalue weighted by Crippen LogP contribution is -2.48. The average Bonchev–Trinajstić information content (AvgIpc) is 2.61. The Morgan fingerprint density at radius 3 is 2.59 bits per heavy atom. The third kappa shape index (κ3) is 4.40. The molecular formula is C16H16ClF4N3O2S. The average molecular weight is 426 g/mol. The van der Waals surface area contributed by atoms with Gasteiger partial charge in [0.1, 0.15) is 5.82 Å². The molecule has 1 aromatic carbocycles. The summed E-state index contributed by atoms with van der Waals surface area (Å²) >= 11 is 0. The van der Waals surface area contributed by atoms with Crippen LogP contribution in [-0.4, -0.2) is 37.3 Å². The number of piperazine rings is 1. The predicted octanol–water partition coefficient (Wildman–Crippen LogP) is 3.00. The van der Waals surface area contributed by atoms with E-state index in [1.165, 1.54) is 12.4 Å². The zero-order valence-electron chi connectivity index (χ0n) is 13.8. The fourth-order valence-corrected chi connectivity index (χ4v) is 4.71. The van der Waals surface area contributed by atoms with Crippen molar-refractivity contribution in [3.05, 3.63) is 59.7 Å². The van der Waals surface area contributed by atoms with Gasteiger partial charge in [-0.3, -0.25) is 4.98 Å². The van der Waals surface area contributed by atoms with Gasteiger partial charge in [-0.1, -0.05) is 6.07 Å². The van der Waals surface area contributed by atoms with E-state index in [1.54, 1.807) is 12.1 Å². The highest BCUT2D eigenvalue weighted by atomic mass is 35.5. The summed E-state index contributed by atoms with van der Waals surface area (Å²) in [6.45, 7) is 0.503. The third-order valence-electron chi connectivity index (χ3n) is 4.10. The zero-order valence-corrected chi connectivity index (χ0v) is 15.4. The van der Waals surface area contributed by atoms with E-state index < -0.39 is 38.5 Å². The minimum absolute atomic E-state index is 0. The molecule has 1 saturated heterocycles. The van der Waals surface area contributed by atoms with E-state index in [4.69, 9.17) is 0 Å². The van der Waals surface area contributed by atoms with Gasteiger partial charge in [0.2, 0.25) is 10.0 Å². The Morgan fingerprint density at radius 2 is 1.96 bits per heavy atom. The maximum absolute atomic E-state index is 13.3. The number of pyridine rings is 1. The van der Waals surface area contributed by atoms with Gasteiger partial charge in [0.05, 0.1) is 16.5 Å². The molecule has 11 heteroatoms. The van der Waals surface area contributed by atoms with Gasteiger partial charge in [-0.25, -0.2) is 12.8 Å². The van der Waals surface area contributed by atoms with Crippen LogP contribution in [0.5, 0.6) is 0 Å². The number of hydrogen-bond donors (Lipinski definition) is 1. The van der Waals surface area contributed by atoms with Gasteiger partial charge < -0.3 is 5.32 Å². The molecule has 1 fully saturated rings. The second-order valence-corrected chi connectivity index (χ2v) is 7.62. The Morgan fingerprint density at radius 1 is 1.22 bits per heavy atom. The van der Waals surface area contributed by atoms with Gasteiger partial charge in [0, 0.05) is 32.0 Å². The van der Waals surface area contributed by atoms with Gasteiger partial charge in [0.25, 0.3) is 0 Å². The van der Waals surface area contributed by atoms with E-state index in [-0.39, 0.29) is 31.6 Å². The van der Waals surface area contributed by atoms with Gasteiger partial charge in [-0.2, -0.15) is 17.5 Å². The monoisotopic (exact) mass is 425 g/mol. The largest absolute Gasteiger partial charge is 0.417 e. The molecule has 1 aromatic heterocycles. The summed E-state index contributed by atoms with van der Waals surface area (Å²) in [7, 11) is -4.51. The summed E-state index contributed by atoms with van der Waals surface area (Å²) in [5.74, 6) is -1.15. The van der Waals surface area contributed by atoms with Crippen molar-refractivity contribution in [2.24, 2.45) is 0 Å². The summed E-state index contributed by atoms with van der Waals surface area (Å²) < 4.78 is 80.2. The van der Waals surface area contributed by atoms with Crippen molar-refractivity contribution in [1.29, 1.82) is 0 Å². The van der Waals surface area contributed by atoms with Crippen molar-refractivity contribution in [1.82, 2.24) is 14.6 Å². The number of nitrogens with zero attached hydrogens (tertiary/aromatic N) is 2. The van der Waals surface area contributed by atoms with E-state index in [0.29, 0.717) is 24.2 Å². The number of sulfonamides is 1. The quantitative estimate of drug-likeness (QED) is 0.768. The molecule has 1 aliphatic heterocycles. The Hall–Kier alpha value is -1.75. The van der Waals surface area contributed by atoms with Crippen LogP contribution in [0.25, 0.3) is 0 Å². The molecule has 2 heterocycles. The highest BCUT2D eigenvalue weighted by Gasteiger charge is 2.42. The first-order chi connectivity index (χ1) is 12.2. The number of benzene rings is 1. The normalized spacial score (nSPS) is 18.7. The Bertz CT molecular complexity index is 894. The van der Waals surface area contributed by atoms with Crippen molar-refractivity contribution >= 4 is 22.4 Å². The first-order valence-corrected chi connectivity index (χ1v) is 9.14. The maximum Gasteiger partial charge on any atom is 0.417 e. The molecule has 1 unspecified atom stereocenters. The third-order valence-corrected chi connectivity index (χ3v) is 6.06. The summed E-state index contributed by atoms with van der Waals surface area (Å²) in [5, 5.41) is 3.02. The van der Waals surface area contributed by atoms with Crippen LogP contribution in [0.3, 0.4) is 0 Å². The molecule has 1 atom stereocenters. The molecule has 148 valence electrons. The lowest BCUT2D eigenvalue weighted by molar-refractivity contribution is -0.140. The van der Waals surface area contributed by atoms with Crippen LogP contribution < -0.4 is 5.32 Å². The van der Waals surface area contributed by atoms with Crippen LogP contribution in [0.4, 0.5) is 17.6 Å². The maximum atomic E-state index is 13.3. The second-order valence-electron chi connectivity index (χ2n) is 5.76. The Balaban J connectivity index is 0.00000261. The molecule has 0 aliphatic carbocycles. The van der Waals surface area contributed by atoms with Crippen LogP contribution in [0.1, 0.15) is 17.2 Å². The van der Waals surface area contributed by atoms with E-state index in [1.807, 2.05) is 0 Å². The summed E-state index contributed by atoms with van der Waals surface area (Å²) in [5.41, 5.74) is -0.958. The molecule has 1 N–H and O–H groups in total. The SMILES string of the molecule is Cl.O=S(=O)(c1ccc(F)cc1C(F)(F)F)N1CCNCC1c1cccnc1. The first-order valence-electron chi connectivity index (χ1n) is 7.70. The van der Waals surface area contributed by atoms with Crippen LogP contribution in [0.2, 0.25) is 0 Å². The lowest BCUT2D eigenvalue weighted by atomic mass is 10.1. The van der Waals surface area contributed by atoms with E-state index in [9.17, 15) is 26.0 Å². The van der Waals surface area contributed by atoms with Gasteiger partial charge in [-0.15, -0.1) is 12.4 Å². The number of hydrogen-bond acceptors (Lipinski definition) is 4. The fourth-order valence-electron chi connectivity index (χ4n) is 2.91. The number of alkyl halides is 3. The van der Waals surface area contributed by atoms with E-state index >= 15 is 0 Å². The number of nitrogens with one attached hydrogen (secondary N) is 1. The summed E-state index contributed by atoms with van der Waals surface area (Å²) in [6, 6.07) is 4.14. The number of halogens is 5. The Labute approximate surface area is 159 Å². The minimum Gasteiger partial charge on any atom is -0.313 e. The van der Waals surface area contributed by atoms with Crippen LogP contribution in [-0.2, 0) is 16.2 Å². The summed E-state index contributed by atoms with van der Waals surface area (Å²) in [6.07, 6.45) is -2.02. The van der Waals surface area contributed by atoms with Gasteiger partial charge in [0.15, 0.2) is 0 Å². The molecule has 5 nitrogen and oxygen atoms in total. The molecule has 3 rings (SSSR count). The predicted molar refractivity (Wildman–Crippen MR) is 92.4 cm³/mol. The van der Waals surface area contributed by atoms with E-state index in [2.05, 4.69) is 10.3 Å². The molecule has 0 radical (unpaired) electrons. The molecule has 0 bridgehead atoms. The van der Waals surface area contributed by atoms with Crippen LogP contribution >= 0.6 is 12.4 Å².